The Morgan fingerprint density at radius 3 is 2.74 bits per heavy atom. The minimum atomic E-state index is 0.148. The molecule has 0 unspecified atom stereocenters. The number of hydrogen-bond acceptors (Lipinski definition) is 2. The normalized spacial score (nSPS) is 14.3. The second kappa shape index (κ2) is 5.31. The van der Waals surface area contributed by atoms with Crippen LogP contribution in [0.1, 0.15) is 19.3 Å². The van der Waals surface area contributed by atoms with Crippen LogP contribution in [-0.4, -0.2) is 18.5 Å². The highest BCUT2D eigenvalue weighted by Gasteiger charge is 2.22. The average Bonchev–Trinajstić information content (AvgIpc) is 3.23. The van der Waals surface area contributed by atoms with Gasteiger partial charge in [0.2, 0.25) is 5.91 Å². The molecular weight excluding hydrogens is 236 g/mol. The Kier molecular flexibility index (Phi) is 3.36. The third-order valence-corrected chi connectivity index (χ3v) is 3.40. The van der Waals surface area contributed by atoms with Gasteiger partial charge in [-0.25, -0.2) is 0 Å². The second-order valence-electron chi connectivity index (χ2n) is 5.05. The first-order valence-corrected chi connectivity index (χ1v) is 6.84. The maximum atomic E-state index is 11.6. The van der Waals surface area contributed by atoms with Crippen LogP contribution in [0.2, 0.25) is 0 Å². The molecular formula is C16H18N2O. The molecule has 2 N–H and O–H groups in total. The third kappa shape index (κ3) is 3.05. The fourth-order valence-corrected chi connectivity index (χ4v) is 2.22. The van der Waals surface area contributed by atoms with E-state index >= 15 is 0 Å². The van der Waals surface area contributed by atoms with Crippen molar-refractivity contribution in [1.29, 1.82) is 0 Å². The van der Waals surface area contributed by atoms with Crippen LogP contribution >= 0.6 is 0 Å². The molecule has 0 spiro atoms. The quantitative estimate of drug-likeness (QED) is 0.861. The van der Waals surface area contributed by atoms with Crippen LogP contribution in [0.5, 0.6) is 0 Å². The summed E-state index contributed by atoms with van der Waals surface area (Å²) in [6, 6.07) is 14.9. The minimum Gasteiger partial charge on any atom is -0.384 e. The molecule has 0 aromatic heterocycles. The number of hydrogen-bond donors (Lipinski definition) is 2. The summed E-state index contributed by atoms with van der Waals surface area (Å²) in [6.45, 7) is 0.673. The summed E-state index contributed by atoms with van der Waals surface area (Å²) in [5.41, 5.74) is 1.09. The summed E-state index contributed by atoms with van der Waals surface area (Å²) >= 11 is 0. The zero-order chi connectivity index (χ0) is 13.1. The lowest BCUT2D eigenvalue weighted by atomic mass is 10.1. The van der Waals surface area contributed by atoms with Crippen LogP contribution in [-0.2, 0) is 4.79 Å². The van der Waals surface area contributed by atoms with Crippen molar-refractivity contribution in [2.24, 2.45) is 0 Å². The molecule has 3 nitrogen and oxygen atoms in total. The zero-order valence-corrected chi connectivity index (χ0v) is 10.9. The highest BCUT2D eigenvalue weighted by atomic mass is 16.1. The Balaban J connectivity index is 1.60. The van der Waals surface area contributed by atoms with Crippen LogP contribution in [0.4, 0.5) is 5.69 Å². The number of fused-ring (bicyclic) bond motifs is 1. The van der Waals surface area contributed by atoms with Crippen LogP contribution in [0.3, 0.4) is 0 Å². The van der Waals surface area contributed by atoms with E-state index in [0.717, 1.165) is 18.5 Å². The summed E-state index contributed by atoms with van der Waals surface area (Å²) in [7, 11) is 0. The molecule has 3 heteroatoms. The third-order valence-electron chi connectivity index (χ3n) is 3.40. The predicted octanol–water partition coefficient (Wildman–Crippen LogP) is 2.92. The largest absolute Gasteiger partial charge is 0.384 e. The molecule has 98 valence electrons. The summed E-state index contributed by atoms with van der Waals surface area (Å²) in [4.78, 5) is 11.6. The van der Waals surface area contributed by atoms with Gasteiger partial charge in [0.05, 0.1) is 0 Å². The van der Waals surface area contributed by atoms with E-state index in [1.807, 2.05) is 18.2 Å². The first-order valence-electron chi connectivity index (χ1n) is 6.84. The summed E-state index contributed by atoms with van der Waals surface area (Å²) < 4.78 is 0. The van der Waals surface area contributed by atoms with Crippen molar-refractivity contribution in [3.8, 4) is 0 Å². The Morgan fingerprint density at radius 1 is 1.11 bits per heavy atom. The van der Waals surface area contributed by atoms with Gasteiger partial charge < -0.3 is 10.6 Å². The van der Waals surface area contributed by atoms with Gasteiger partial charge in [0.15, 0.2) is 0 Å². The summed E-state index contributed by atoms with van der Waals surface area (Å²) in [5, 5.41) is 8.77. The number of carbonyl (C=O) groups is 1. The summed E-state index contributed by atoms with van der Waals surface area (Å²) in [6.07, 6.45) is 2.81. The molecule has 19 heavy (non-hydrogen) atoms. The van der Waals surface area contributed by atoms with Crippen molar-refractivity contribution in [2.45, 2.75) is 25.3 Å². The number of benzene rings is 2. The van der Waals surface area contributed by atoms with Crippen molar-refractivity contribution in [3.63, 3.8) is 0 Å². The number of amides is 1. The van der Waals surface area contributed by atoms with E-state index in [9.17, 15) is 4.79 Å². The number of carbonyl (C=O) groups excluding carboxylic acids is 1. The molecule has 1 aliphatic rings. The molecule has 0 saturated heterocycles. The van der Waals surface area contributed by atoms with Crippen LogP contribution in [0.25, 0.3) is 10.8 Å². The van der Waals surface area contributed by atoms with Gasteiger partial charge in [-0.1, -0.05) is 36.4 Å². The Morgan fingerprint density at radius 2 is 1.89 bits per heavy atom. The van der Waals surface area contributed by atoms with E-state index in [2.05, 4.69) is 34.9 Å². The predicted molar refractivity (Wildman–Crippen MR) is 78.2 cm³/mol. The van der Waals surface area contributed by atoms with Crippen LogP contribution in [0, 0.1) is 0 Å². The smallest absolute Gasteiger partial charge is 0.221 e. The maximum Gasteiger partial charge on any atom is 0.221 e. The van der Waals surface area contributed by atoms with Gasteiger partial charge >= 0.3 is 0 Å². The molecule has 1 amide bonds. The fraction of sp³-hybridized carbons (Fsp3) is 0.312. The topological polar surface area (TPSA) is 41.1 Å². The van der Waals surface area contributed by atoms with Crippen molar-refractivity contribution >= 4 is 22.4 Å². The first kappa shape index (κ1) is 12.0. The maximum absolute atomic E-state index is 11.6. The van der Waals surface area contributed by atoms with Crippen LogP contribution < -0.4 is 10.6 Å². The van der Waals surface area contributed by atoms with Crippen molar-refractivity contribution in [2.75, 3.05) is 11.9 Å². The molecule has 3 rings (SSSR count). The van der Waals surface area contributed by atoms with E-state index in [1.165, 1.54) is 10.8 Å². The van der Waals surface area contributed by atoms with E-state index in [-0.39, 0.29) is 5.91 Å². The number of rotatable bonds is 5. The average molecular weight is 254 g/mol. The van der Waals surface area contributed by atoms with Crippen molar-refractivity contribution < 1.29 is 4.79 Å². The highest BCUT2D eigenvalue weighted by Crippen LogP contribution is 2.23. The Labute approximate surface area is 113 Å². The molecule has 1 aliphatic carbocycles. The van der Waals surface area contributed by atoms with Gasteiger partial charge in [0, 0.05) is 30.1 Å². The SMILES string of the molecule is O=C(CCNc1cccc2ccccc12)NC1CC1. The van der Waals surface area contributed by atoms with Gasteiger partial charge in [-0.3, -0.25) is 4.79 Å². The van der Waals surface area contributed by atoms with E-state index in [4.69, 9.17) is 0 Å². The van der Waals surface area contributed by atoms with E-state index in [1.54, 1.807) is 0 Å². The van der Waals surface area contributed by atoms with Gasteiger partial charge in [-0.2, -0.15) is 0 Å². The molecule has 0 heterocycles. The van der Waals surface area contributed by atoms with Crippen molar-refractivity contribution in [3.05, 3.63) is 42.5 Å². The van der Waals surface area contributed by atoms with Gasteiger partial charge in [-0.05, 0) is 24.3 Å². The number of nitrogens with one attached hydrogen (secondary N) is 2. The molecule has 0 aliphatic heterocycles. The van der Waals surface area contributed by atoms with Gasteiger partial charge in [0.25, 0.3) is 0 Å². The molecule has 0 bridgehead atoms. The molecule has 0 atom stereocenters. The first-order chi connectivity index (χ1) is 9.33. The standard InChI is InChI=1S/C16H18N2O/c19-16(18-13-8-9-13)10-11-17-15-7-3-5-12-4-1-2-6-14(12)15/h1-7,13,17H,8-11H2,(H,18,19). The minimum absolute atomic E-state index is 0.148. The lowest BCUT2D eigenvalue weighted by Crippen LogP contribution is -2.27. The molecule has 2 aromatic rings. The Hall–Kier alpha value is -2.03. The molecule has 2 aromatic carbocycles. The lowest BCUT2D eigenvalue weighted by molar-refractivity contribution is -0.120. The molecule has 1 saturated carbocycles. The summed E-state index contributed by atoms with van der Waals surface area (Å²) in [5.74, 6) is 0.148. The second-order valence-corrected chi connectivity index (χ2v) is 5.05. The van der Waals surface area contributed by atoms with Gasteiger partial charge in [0.1, 0.15) is 0 Å². The van der Waals surface area contributed by atoms with Crippen molar-refractivity contribution in [1.82, 2.24) is 5.32 Å². The molecule has 0 radical (unpaired) electrons. The Bertz CT molecular complexity index is 585. The monoisotopic (exact) mass is 254 g/mol. The zero-order valence-electron chi connectivity index (χ0n) is 10.9. The van der Waals surface area contributed by atoms with E-state index in [0.29, 0.717) is 19.0 Å². The van der Waals surface area contributed by atoms with Crippen LogP contribution in [0.15, 0.2) is 42.5 Å². The number of anilines is 1. The fourth-order valence-electron chi connectivity index (χ4n) is 2.22. The van der Waals surface area contributed by atoms with E-state index < -0.39 is 0 Å². The van der Waals surface area contributed by atoms with Gasteiger partial charge in [-0.15, -0.1) is 0 Å². The highest BCUT2D eigenvalue weighted by molar-refractivity contribution is 5.93. The molecule has 1 fully saturated rings. The lowest BCUT2D eigenvalue weighted by Gasteiger charge is -2.09.